The normalized spacial score (nSPS) is 11.6. The standard InChI is InChI=1S/C23H31N3O3/c1-15(25-20-14-19(28-6)8-9-21(20)29-7)10-22(27)26-18-12-16(23(2,3)4)11-17(13-18)24-5/h8-14,24-25H,1-7H3,(H,26,27)/b15-10+. The molecule has 29 heavy (non-hydrogen) atoms. The van der Waals surface area contributed by atoms with Gasteiger partial charge in [0.25, 0.3) is 0 Å². The van der Waals surface area contributed by atoms with Crippen molar-refractivity contribution >= 4 is 23.0 Å². The lowest BCUT2D eigenvalue weighted by Gasteiger charge is -2.21. The number of amides is 1. The first kappa shape index (κ1) is 22.1. The van der Waals surface area contributed by atoms with E-state index >= 15 is 0 Å². The third-order valence-electron chi connectivity index (χ3n) is 4.44. The minimum absolute atomic E-state index is 0.0252. The Morgan fingerprint density at radius 3 is 2.24 bits per heavy atom. The van der Waals surface area contributed by atoms with Crippen LogP contribution in [0.15, 0.2) is 48.2 Å². The fraction of sp³-hybridized carbons (Fsp3) is 0.348. The fourth-order valence-electron chi connectivity index (χ4n) is 2.81. The number of nitrogens with one attached hydrogen (secondary N) is 3. The van der Waals surface area contributed by atoms with Crippen LogP contribution in [0.2, 0.25) is 0 Å². The molecule has 3 N–H and O–H groups in total. The molecule has 6 heteroatoms. The summed E-state index contributed by atoms with van der Waals surface area (Å²) in [5.74, 6) is 1.14. The van der Waals surface area contributed by atoms with Gasteiger partial charge in [0.1, 0.15) is 11.5 Å². The number of allylic oxidation sites excluding steroid dienone is 1. The molecule has 0 radical (unpaired) electrons. The molecular formula is C23H31N3O3. The molecule has 0 saturated carbocycles. The maximum absolute atomic E-state index is 12.5. The molecule has 0 aliphatic carbocycles. The summed E-state index contributed by atoms with van der Waals surface area (Å²) in [7, 11) is 5.07. The molecule has 0 bridgehead atoms. The van der Waals surface area contributed by atoms with Crippen molar-refractivity contribution in [3.8, 4) is 11.5 Å². The molecule has 0 atom stereocenters. The van der Waals surface area contributed by atoms with Gasteiger partial charge in [0.2, 0.25) is 5.91 Å². The number of methoxy groups -OCH3 is 2. The van der Waals surface area contributed by atoms with Crippen molar-refractivity contribution in [2.24, 2.45) is 0 Å². The smallest absolute Gasteiger partial charge is 0.250 e. The van der Waals surface area contributed by atoms with E-state index in [9.17, 15) is 4.79 Å². The number of hydrogen-bond donors (Lipinski definition) is 3. The molecule has 0 saturated heterocycles. The van der Waals surface area contributed by atoms with Gasteiger partial charge in [-0.3, -0.25) is 4.79 Å². The van der Waals surface area contributed by atoms with Crippen LogP contribution in [-0.4, -0.2) is 27.2 Å². The van der Waals surface area contributed by atoms with E-state index in [0.717, 1.165) is 22.6 Å². The molecule has 0 aliphatic rings. The van der Waals surface area contributed by atoms with Crippen molar-refractivity contribution in [1.82, 2.24) is 0 Å². The molecule has 2 aromatic rings. The fourth-order valence-corrected chi connectivity index (χ4v) is 2.81. The van der Waals surface area contributed by atoms with Crippen molar-refractivity contribution in [3.05, 3.63) is 53.7 Å². The Hall–Kier alpha value is -3.15. The van der Waals surface area contributed by atoms with Gasteiger partial charge in [-0.1, -0.05) is 20.8 Å². The number of ether oxygens (including phenoxy) is 2. The van der Waals surface area contributed by atoms with Gasteiger partial charge in [0.15, 0.2) is 0 Å². The van der Waals surface area contributed by atoms with Crippen LogP contribution in [0.4, 0.5) is 17.1 Å². The van der Waals surface area contributed by atoms with Gasteiger partial charge in [-0.2, -0.15) is 0 Å². The Bertz CT molecular complexity index is 899. The summed E-state index contributed by atoms with van der Waals surface area (Å²) in [6.45, 7) is 8.25. The lowest BCUT2D eigenvalue weighted by Crippen LogP contribution is -2.15. The van der Waals surface area contributed by atoms with E-state index in [1.165, 1.54) is 6.08 Å². The second-order valence-corrected chi connectivity index (χ2v) is 7.81. The minimum atomic E-state index is -0.218. The summed E-state index contributed by atoms with van der Waals surface area (Å²) in [6, 6.07) is 11.5. The van der Waals surface area contributed by atoms with E-state index in [0.29, 0.717) is 17.2 Å². The van der Waals surface area contributed by atoms with Crippen molar-refractivity contribution in [2.75, 3.05) is 37.2 Å². The number of anilines is 3. The van der Waals surface area contributed by atoms with Crippen molar-refractivity contribution in [1.29, 1.82) is 0 Å². The topological polar surface area (TPSA) is 71.6 Å². The highest BCUT2D eigenvalue weighted by Gasteiger charge is 2.16. The van der Waals surface area contributed by atoms with Crippen LogP contribution in [0.1, 0.15) is 33.3 Å². The van der Waals surface area contributed by atoms with Crippen LogP contribution in [0.5, 0.6) is 11.5 Å². The summed E-state index contributed by atoms with van der Waals surface area (Å²) in [5, 5.41) is 9.28. The molecule has 0 aromatic heterocycles. The number of benzene rings is 2. The number of rotatable bonds is 7. The maximum Gasteiger partial charge on any atom is 0.250 e. The van der Waals surface area contributed by atoms with Crippen molar-refractivity contribution in [2.45, 2.75) is 33.1 Å². The van der Waals surface area contributed by atoms with Crippen LogP contribution < -0.4 is 25.4 Å². The van der Waals surface area contributed by atoms with Gasteiger partial charge in [-0.15, -0.1) is 0 Å². The summed E-state index contributed by atoms with van der Waals surface area (Å²) in [5.41, 5.74) is 4.21. The van der Waals surface area contributed by atoms with Gasteiger partial charge in [0, 0.05) is 36.3 Å². The van der Waals surface area contributed by atoms with Crippen molar-refractivity contribution in [3.63, 3.8) is 0 Å². The third-order valence-corrected chi connectivity index (χ3v) is 4.44. The second kappa shape index (κ2) is 9.37. The predicted molar refractivity (Wildman–Crippen MR) is 120 cm³/mol. The van der Waals surface area contributed by atoms with E-state index < -0.39 is 0 Å². The Morgan fingerprint density at radius 2 is 1.66 bits per heavy atom. The van der Waals surface area contributed by atoms with E-state index in [4.69, 9.17) is 9.47 Å². The summed E-state index contributed by atoms with van der Waals surface area (Å²) >= 11 is 0. The van der Waals surface area contributed by atoms with Gasteiger partial charge >= 0.3 is 0 Å². The molecule has 1 amide bonds. The van der Waals surface area contributed by atoms with E-state index in [-0.39, 0.29) is 11.3 Å². The molecule has 0 aliphatic heterocycles. The summed E-state index contributed by atoms with van der Waals surface area (Å²) in [6.07, 6.45) is 1.52. The molecule has 156 valence electrons. The second-order valence-electron chi connectivity index (χ2n) is 7.81. The first-order valence-corrected chi connectivity index (χ1v) is 9.48. The van der Waals surface area contributed by atoms with Crippen molar-refractivity contribution < 1.29 is 14.3 Å². The highest BCUT2D eigenvalue weighted by atomic mass is 16.5. The third kappa shape index (κ3) is 6.17. The van der Waals surface area contributed by atoms with Crippen LogP contribution >= 0.6 is 0 Å². The zero-order chi connectivity index (χ0) is 21.6. The molecule has 0 spiro atoms. The highest BCUT2D eigenvalue weighted by molar-refractivity contribution is 6.00. The number of carbonyl (C=O) groups is 1. The Morgan fingerprint density at radius 1 is 0.966 bits per heavy atom. The zero-order valence-electron chi connectivity index (χ0n) is 18.3. The Balaban J connectivity index is 2.19. The number of carbonyl (C=O) groups excluding carboxylic acids is 1. The monoisotopic (exact) mass is 397 g/mol. The quantitative estimate of drug-likeness (QED) is 0.574. The predicted octanol–water partition coefficient (Wildman–Crippen LogP) is 5.00. The Labute approximate surface area is 173 Å². The summed E-state index contributed by atoms with van der Waals surface area (Å²) in [4.78, 5) is 12.5. The van der Waals surface area contributed by atoms with Crippen LogP contribution in [0.3, 0.4) is 0 Å². The van der Waals surface area contributed by atoms with Crippen LogP contribution in [-0.2, 0) is 10.2 Å². The first-order chi connectivity index (χ1) is 13.7. The molecule has 2 aromatic carbocycles. The highest BCUT2D eigenvalue weighted by Crippen LogP contribution is 2.30. The van der Waals surface area contributed by atoms with Gasteiger partial charge in [-0.25, -0.2) is 0 Å². The van der Waals surface area contributed by atoms with E-state index in [2.05, 4.69) is 42.8 Å². The molecule has 2 rings (SSSR count). The van der Waals surface area contributed by atoms with E-state index in [1.807, 2.05) is 44.3 Å². The molecule has 0 heterocycles. The van der Waals surface area contributed by atoms with Crippen LogP contribution in [0.25, 0.3) is 0 Å². The molecular weight excluding hydrogens is 366 g/mol. The zero-order valence-corrected chi connectivity index (χ0v) is 18.3. The molecule has 0 unspecified atom stereocenters. The van der Waals surface area contributed by atoms with E-state index in [1.54, 1.807) is 14.2 Å². The minimum Gasteiger partial charge on any atom is -0.497 e. The number of hydrogen-bond acceptors (Lipinski definition) is 5. The van der Waals surface area contributed by atoms with Gasteiger partial charge in [0.05, 0.1) is 19.9 Å². The average molecular weight is 398 g/mol. The van der Waals surface area contributed by atoms with Crippen LogP contribution in [0, 0.1) is 0 Å². The molecule has 6 nitrogen and oxygen atoms in total. The Kier molecular flexibility index (Phi) is 7.15. The SMILES string of the molecule is CNc1cc(NC(=O)/C=C(\C)Nc2cc(OC)ccc2OC)cc(C(C)(C)C)c1. The van der Waals surface area contributed by atoms with Gasteiger partial charge < -0.3 is 25.4 Å². The largest absolute Gasteiger partial charge is 0.497 e. The lowest BCUT2D eigenvalue weighted by molar-refractivity contribution is -0.111. The first-order valence-electron chi connectivity index (χ1n) is 9.48. The van der Waals surface area contributed by atoms with Gasteiger partial charge in [-0.05, 0) is 48.2 Å². The maximum atomic E-state index is 12.5. The molecule has 0 fully saturated rings. The average Bonchev–Trinajstić information content (AvgIpc) is 2.66. The summed E-state index contributed by atoms with van der Waals surface area (Å²) < 4.78 is 10.6. The lowest BCUT2D eigenvalue weighted by atomic mass is 9.86.